The first-order valence-corrected chi connectivity index (χ1v) is 6.36. The first-order valence-electron chi connectivity index (χ1n) is 6.36. The summed E-state index contributed by atoms with van der Waals surface area (Å²) in [6.07, 6.45) is 1.94. The third kappa shape index (κ3) is 3.15. The first kappa shape index (κ1) is 13.2. The second-order valence-corrected chi connectivity index (χ2v) is 4.75. The largest absolute Gasteiger partial charge is 0.493 e. The zero-order valence-electron chi connectivity index (χ0n) is 11.1. The van der Waals surface area contributed by atoms with Crippen LogP contribution in [0.5, 0.6) is 11.5 Å². The maximum Gasteiger partial charge on any atom is 0.161 e. The van der Waals surface area contributed by atoms with Gasteiger partial charge in [-0.3, -0.25) is 0 Å². The van der Waals surface area contributed by atoms with Crippen LogP contribution in [0.2, 0.25) is 0 Å². The molecule has 0 spiro atoms. The van der Waals surface area contributed by atoms with Crippen molar-refractivity contribution in [3.63, 3.8) is 0 Å². The molecule has 100 valence electrons. The van der Waals surface area contributed by atoms with E-state index in [1.165, 1.54) is 0 Å². The molecule has 1 unspecified atom stereocenters. The summed E-state index contributed by atoms with van der Waals surface area (Å²) in [5, 5.41) is 8.93. The minimum absolute atomic E-state index is 0.150. The highest BCUT2D eigenvalue weighted by Gasteiger charge is 2.22. The molecule has 0 aromatic heterocycles. The molecule has 0 bridgehead atoms. The summed E-state index contributed by atoms with van der Waals surface area (Å²) >= 11 is 0. The Morgan fingerprint density at radius 1 is 1.39 bits per heavy atom. The fourth-order valence-electron chi connectivity index (χ4n) is 2.26. The third-order valence-corrected chi connectivity index (χ3v) is 3.27. The molecule has 4 heteroatoms. The highest BCUT2D eigenvalue weighted by Crippen LogP contribution is 2.30. The summed E-state index contributed by atoms with van der Waals surface area (Å²) in [6, 6.07) is 5.85. The van der Waals surface area contributed by atoms with Crippen molar-refractivity contribution >= 4 is 0 Å². The average Bonchev–Trinajstić information content (AvgIpc) is 2.77. The predicted molar refractivity (Wildman–Crippen MR) is 70.3 cm³/mol. The number of likely N-dealkylation sites (N-methyl/N-ethyl adjacent to an activating group) is 1. The Bertz CT molecular complexity index is 395. The van der Waals surface area contributed by atoms with Gasteiger partial charge in [0.15, 0.2) is 11.5 Å². The van der Waals surface area contributed by atoms with E-state index in [2.05, 4.69) is 11.9 Å². The SMILES string of the molecule is COc1cc(CCO)ccc1OC1CCN(C)C1. The molecule has 1 fully saturated rings. The minimum atomic E-state index is 0.150. The number of likely N-dealkylation sites (tertiary alicyclic amines) is 1. The highest BCUT2D eigenvalue weighted by atomic mass is 16.5. The molecule has 1 aliphatic heterocycles. The Kier molecular flexibility index (Phi) is 4.44. The van der Waals surface area contributed by atoms with Gasteiger partial charge in [0.1, 0.15) is 6.10 Å². The zero-order valence-corrected chi connectivity index (χ0v) is 11.1. The van der Waals surface area contributed by atoms with E-state index in [-0.39, 0.29) is 12.7 Å². The summed E-state index contributed by atoms with van der Waals surface area (Å²) in [5.74, 6) is 1.54. The lowest BCUT2D eigenvalue weighted by Crippen LogP contribution is -2.21. The van der Waals surface area contributed by atoms with Crippen LogP contribution < -0.4 is 9.47 Å². The smallest absolute Gasteiger partial charge is 0.161 e. The van der Waals surface area contributed by atoms with E-state index in [1.54, 1.807) is 7.11 Å². The van der Waals surface area contributed by atoms with Crippen molar-refractivity contribution in [1.29, 1.82) is 0 Å². The van der Waals surface area contributed by atoms with Crippen molar-refractivity contribution in [2.45, 2.75) is 18.9 Å². The molecule has 2 rings (SSSR count). The van der Waals surface area contributed by atoms with Crippen LogP contribution in [0.1, 0.15) is 12.0 Å². The van der Waals surface area contributed by atoms with Gasteiger partial charge in [0.05, 0.1) is 7.11 Å². The van der Waals surface area contributed by atoms with Crippen LogP contribution in [0.3, 0.4) is 0 Å². The second-order valence-electron chi connectivity index (χ2n) is 4.75. The fourth-order valence-corrected chi connectivity index (χ4v) is 2.26. The molecule has 1 N–H and O–H groups in total. The Labute approximate surface area is 108 Å². The van der Waals surface area contributed by atoms with E-state index in [4.69, 9.17) is 14.6 Å². The minimum Gasteiger partial charge on any atom is -0.493 e. The molecule has 0 radical (unpaired) electrons. The van der Waals surface area contributed by atoms with Crippen molar-refractivity contribution in [3.05, 3.63) is 23.8 Å². The number of rotatable bonds is 5. The Hall–Kier alpha value is -1.26. The summed E-state index contributed by atoms with van der Waals surface area (Å²) in [6.45, 7) is 2.19. The summed E-state index contributed by atoms with van der Waals surface area (Å²) in [5.41, 5.74) is 1.06. The van der Waals surface area contributed by atoms with Crippen LogP contribution in [0.15, 0.2) is 18.2 Å². The van der Waals surface area contributed by atoms with Crippen LogP contribution in [-0.2, 0) is 6.42 Å². The number of methoxy groups -OCH3 is 1. The van der Waals surface area contributed by atoms with E-state index in [9.17, 15) is 0 Å². The summed E-state index contributed by atoms with van der Waals surface area (Å²) in [7, 11) is 3.75. The molecular formula is C14H21NO3. The summed E-state index contributed by atoms with van der Waals surface area (Å²) in [4.78, 5) is 2.26. The van der Waals surface area contributed by atoms with E-state index < -0.39 is 0 Å². The predicted octanol–water partition coefficient (Wildman–Crippen LogP) is 1.31. The van der Waals surface area contributed by atoms with Gasteiger partial charge in [0.2, 0.25) is 0 Å². The monoisotopic (exact) mass is 251 g/mol. The Morgan fingerprint density at radius 3 is 2.83 bits per heavy atom. The lowest BCUT2D eigenvalue weighted by atomic mass is 10.1. The number of aliphatic hydroxyl groups excluding tert-OH is 1. The number of nitrogens with zero attached hydrogens (tertiary/aromatic N) is 1. The topological polar surface area (TPSA) is 41.9 Å². The van der Waals surface area contributed by atoms with Gasteiger partial charge in [-0.15, -0.1) is 0 Å². The van der Waals surface area contributed by atoms with Crippen LogP contribution >= 0.6 is 0 Å². The molecule has 1 aromatic rings. The zero-order chi connectivity index (χ0) is 13.0. The molecular weight excluding hydrogens is 230 g/mol. The number of hydrogen-bond donors (Lipinski definition) is 1. The van der Waals surface area contributed by atoms with Gasteiger partial charge in [-0.1, -0.05) is 6.07 Å². The van der Waals surface area contributed by atoms with Crippen molar-refractivity contribution in [2.75, 3.05) is 33.9 Å². The highest BCUT2D eigenvalue weighted by molar-refractivity contribution is 5.43. The molecule has 0 saturated carbocycles. The van der Waals surface area contributed by atoms with Gasteiger partial charge in [-0.25, -0.2) is 0 Å². The van der Waals surface area contributed by atoms with Crippen LogP contribution in [0, 0.1) is 0 Å². The molecule has 4 nitrogen and oxygen atoms in total. The maximum atomic E-state index is 8.93. The van der Waals surface area contributed by atoms with Gasteiger partial charge in [-0.2, -0.15) is 0 Å². The normalized spacial score (nSPS) is 20.1. The molecule has 18 heavy (non-hydrogen) atoms. The quantitative estimate of drug-likeness (QED) is 0.857. The van der Waals surface area contributed by atoms with E-state index in [0.717, 1.165) is 36.6 Å². The molecule has 1 saturated heterocycles. The standard InChI is InChI=1S/C14H21NO3/c1-15-7-5-12(10-15)18-13-4-3-11(6-8-16)9-14(13)17-2/h3-4,9,12,16H,5-8,10H2,1-2H3. The molecule has 0 aliphatic carbocycles. The van der Waals surface area contributed by atoms with Crippen LogP contribution in [0.4, 0.5) is 0 Å². The van der Waals surface area contributed by atoms with Crippen molar-refractivity contribution < 1.29 is 14.6 Å². The van der Waals surface area contributed by atoms with Crippen molar-refractivity contribution in [1.82, 2.24) is 4.90 Å². The second kappa shape index (κ2) is 6.07. The molecule has 1 atom stereocenters. The van der Waals surface area contributed by atoms with E-state index in [1.807, 2.05) is 18.2 Å². The van der Waals surface area contributed by atoms with Crippen molar-refractivity contribution in [2.24, 2.45) is 0 Å². The van der Waals surface area contributed by atoms with Gasteiger partial charge in [0, 0.05) is 19.7 Å². The van der Waals surface area contributed by atoms with Gasteiger partial charge in [0.25, 0.3) is 0 Å². The number of hydrogen-bond acceptors (Lipinski definition) is 4. The Balaban J connectivity index is 2.07. The van der Waals surface area contributed by atoms with Gasteiger partial charge < -0.3 is 19.5 Å². The molecule has 1 aromatic carbocycles. The van der Waals surface area contributed by atoms with Gasteiger partial charge in [-0.05, 0) is 37.6 Å². The van der Waals surface area contributed by atoms with Crippen LogP contribution in [0.25, 0.3) is 0 Å². The Morgan fingerprint density at radius 2 is 2.22 bits per heavy atom. The number of aliphatic hydroxyl groups is 1. The first-order chi connectivity index (χ1) is 8.72. The van der Waals surface area contributed by atoms with Crippen LogP contribution in [-0.4, -0.2) is 50.0 Å². The van der Waals surface area contributed by atoms with Gasteiger partial charge >= 0.3 is 0 Å². The van der Waals surface area contributed by atoms with E-state index in [0.29, 0.717) is 6.42 Å². The van der Waals surface area contributed by atoms with E-state index >= 15 is 0 Å². The fraction of sp³-hybridized carbons (Fsp3) is 0.571. The maximum absolute atomic E-state index is 8.93. The lowest BCUT2D eigenvalue weighted by Gasteiger charge is -2.17. The molecule has 1 aliphatic rings. The average molecular weight is 251 g/mol. The third-order valence-electron chi connectivity index (χ3n) is 3.27. The molecule has 1 heterocycles. The number of ether oxygens (including phenoxy) is 2. The number of benzene rings is 1. The molecule has 0 amide bonds. The lowest BCUT2D eigenvalue weighted by molar-refractivity contribution is 0.199. The summed E-state index contributed by atoms with van der Waals surface area (Å²) < 4.78 is 11.3. The van der Waals surface area contributed by atoms with Crippen molar-refractivity contribution in [3.8, 4) is 11.5 Å².